The number of likely N-dealkylation sites (N-methyl/N-ethyl adjacent to an activating group) is 1. The average molecular weight is 281 g/mol. The van der Waals surface area contributed by atoms with E-state index in [4.69, 9.17) is 0 Å². The lowest BCUT2D eigenvalue weighted by atomic mass is 10.1. The highest BCUT2D eigenvalue weighted by atomic mass is 16.2. The molecular formula is C16H31N3O. The van der Waals surface area contributed by atoms with Crippen LogP contribution in [0.2, 0.25) is 0 Å². The number of hydrogen-bond donors (Lipinski definition) is 0. The third-order valence-electron chi connectivity index (χ3n) is 4.87. The molecule has 1 atom stereocenters. The van der Waals surface area contributed by atoms with E-state index in [0.29, 0.717) is 18.5 Å². The van der Waals surface area contributed by atoms with Gasteiger partial charge in [-0.25, -0.2) is 0 Å². The Morgan fingerprint density at radius 3 is 2.40 bits per heavy atom. The smallest absolute Gasteiger partial charge is 0.236 e. The highest BCUT2D eigenvalue weighted by molar-refractivity contribution is 5.78. The van der Waals surface area contributed by atoms with E-state index in [1.807, 2.05) is 4.90 Å². The van der Waals surface area contributed by atoms with Crippen molar-refractivity contribution in [2.24, 2.45) is 0 Å². The van der Waals surface area contributed by atoms with Gasteiger partial charge in [0.15, 0.2) is 0 Å². The van der Waals surface area contributed by atoms with Crippen molar-refractivity contribution in [2.45, 2.75) is 52.0 Å². The molecule has 1 amide bonds. The summed E-state index contributed by atoms with van der Waals surface area (Å²) in [6, 6.07) is 0.604. The van der Waals surface area contributed by atoms with Gasteiger partial charge in [0.1, 0.15) is 0 Å². The van der Waals surface area contributed by atoms with Gasteiger partial charge in [0, 0.05) is 25.7 Å². The fraction of sp³-hybridized carbons (Fsp3) is 0.938. The number of hydrogen-bond acceptors (Lipinski definition) is 3. The second-order valence-corrected chi connectivity index (χ2v) is 6.19. The normalized spacial score (nSPS) is 25.0. The van der Waals surface area contributed by atoms with Crippen LogP contribution in [0, 0.1) is 0 Å². The first-order chi connectivity index (χ1) is 9.74. The molecule has 0 aromatic carbocycles. The van der Waals surface area contributed by atoms with Gasteiger partial charge in [0.25, 0.3) is 0 Å². The SMILES string of the molecule is CCN(CC)C(=O)CN1CCC[C@@H]1CN1CCCCC1. The molecule has 20 heavy (non-hydrogen) atoms. The molecule has 2 heterocycles. The quantitative estimate of drug-likeness (QED) is 0.743. The van der Waals surface area contributed by atoms with E-state index in [1.54, 1.807) is 0 Å². The van der Waals surface area contributed by atoms with E-state index in [-0.39, 0.29) is 0 Å². The first-order valence-electron chi connectivity index (χ1n) is 8.48. The van der Waals surface area contributed by atoms with Crippen molar-refractivity contribution < 1.29 is 4.79 Å². The minimum Gasteiger partial charge on any atom is -0.342 e. The fourth-order valence-electron chi connectivity index (χ4n) is 3.60. The highest BCUT2D eigenvalue weighted by Crippen LogP contribution is 2.20. The van der Waals surface area contributed by atoms with E-state index in [0.717, 1.165) is 19.6 Å². The van der Waals surface area contributed by atoms with Crippen LogP contribution in [0.15, 0.2) is 0 Å². The number of carbonyl (C=O) groups is 1. The van der Waals surface area contributed by atoms with Gasteiger partial charge in [0.05, 0.1) is 6.54 Å². The van der Waals surface area contributed by atoms with Crippen LogP contribution in [-0.4, -0.2) is 72.5 Å². The maximum Gasteiger partial charge on any atom is 0.236 e. The van der Waals surface area contributed by atoms with Gasteiger partial charge in [-0.2, -0.15) is 0 Å². The predicted molar refractivity (Wildman–Crippen MR) is 82.8 cm³/mol. The van der Waals surface area contributed by atoms with Gasteiger partial charge in [-0.3, -0.25) is 9.69 Å². The van der Waals surface area contributed by atoms with Crippen molar-refractivity contribution in [1.29, 1.82) is 0 Å². The zero-order chi connectivity index (χ0) is 14.4. The summed E-state index contributed by atoms with van der Waals surface area (Å²) in [6.45, 7) is 11.2. The molecule has 4 heteroatoms. The molecule has 0 aromatic heterocycles. The molecule has 2 fully saturated rings. The number of carbonyl (C=O) groups excluding carboxylic acids is 1. The predicted octanol–water partition coefficient (Wildman–Crippen LogP) is 1.81. The summed E-state index contributed by atoms with van der Waals surface area (Å²) in [5.41, 5.74) is 0. The van der Waals surface area contributed by atoms with E-state index >= 15 is 0 Å². The molecule has 0 saturated carbocycles. The molecule has 2 rings (SSSR count). The summed E-state index contributed by atoms with van der Waals surface area (Å²) < 4.78 is 0. The molecule has 116 valence electrons. The Hall–Kier alpha value is -0.610. The second kappa shape index (κ2) is 7.99. The first-order valence-corrected chi connectivity index (χ1v) is 8.48. The Balaban J connectivity index is 1.82. The van der Waals surface area contributed by atoms with Gasteiger partial charge in [-0.05, 0) is 59.2 Å². The zero-order valence-electron chi connectivity index (χ0n) is 13.3. The second-order valence-electron chi connectivity index (χ2n) is 6.19. The van der Waals surface area contributed by atoms with Gasteiger partial charge in [-0.15, -0.1) is 0 Å². The van der Waals surface area contributed by atoms with Gasteiger partial charge in [-0.1, -0.05) is 6.42 Å². The van der Waals surface area contributed by atoms with E-state index in [1.165, 1.54) is 51.7 Å². The van der Waals surface area contributed by atoms with Crippen LogP contribution in [0.25, 0.3) is 0 Å². The lowest BCUT2D eigenvalue weighted by Gasteiger charge is -2.33. The van der Waals surface area contributed by atoms with Crippen molar-refractivity contribution in [2.75, 3.05) is 45.8 Å². The molecule has 4 nitrogen and oxygen atoms in total. The fourth-order valence-corrected chi connectivity index (χ4v) is 3.60. The summed E-state index contributed by atoms with van der Waals surface area (Å²) in [7, 11) is 0. The molecule has 0 bridgehead atoms. The Bertz CT molecular complexity index is 298. The number of piperidine rings is 1. The van der Waals surface area contributed by atoms with Gasteiger partial charge < -0.3 is 9.80 Å². The van der Waals surface area contributed by atoms with Crippen molar-refractivity contribution in [3.8, 4) is 0 Å². The topological polar surface area (TPSA) is 26.8 Å². The molecule has 0 spiro atoms. The summed E-state index contributed by atoms with van der Waals surface area (Å²) in [5, 5.41) is 0. The maximum absolute atomic E-state index is 12.3. The molecule has 0 aromatic rings. The summed E-state index contributed by atoms with van der Waals surface area (Å²) >= 11 is 0. The van der Waals surface area contributed by atoms with E-state index in [2.05, 4.69) is 23.6 Å². The van der Waals surface area contributed by atoms with E-state index in [9.17, 15) is 4.79 Å². The Morgan fingerprint density at radius 1 is 1.05 bits per heavy atom. The molecular weight excluding hydrogens is 250 g/mol. The molecule has 2 saturated heterocycles. The molecule has 2 aliphatic heterocycles. The van der Waals surface area contributed by atoms with Crippen molar-refractivity contribution in [1.82, 2.24) is 14.7 Å². The number of rotatable bonds is 6. The van der Waals surface area contributed by atoms with E-state index < -0.39 is 0 Å². The minimum absolute atomic E-state index is 0.306. The maximum atomic E-state index is 12.3. The van der Waals surface area contributed by atoms with Crippen LogP contribution in [0.4, 0.5) is 0 Å². The molecule has 2 aliphatic rings. The highest BCUT2D eigenvalue weighted by Gasteiger charge is 2.29. The molecule has 0 unspecified atom stereocenters. The van der Waals surface area contributed by atoms with Crippen LogP contribution in [0.1, 0.15) is 46.0 Å². The lowest BCUT2D eigenvalue weighted by Crippen LogP contribution is -2.46. The van der Waals surface area contributed by atoms with Crippen LogP contribution in [0.3, 0.4) is 0 Å². The summed E-state index contributed by atoms with van der Waals surface area (Å²) in [6.07, 6.45) is 6.62. The van der Waals surface area contributed by atoms with Crippen LogP contribution < -0.4 is 0 Å². The minimum atomic E-state index is 0.306. The largest absolute Gasteiger partial charge is 0.342 e. The van der Waals surface area contributed by atoms with Gasteiger partial charge >= 0.3 is 0 Å². The van der Waals surface area contributed by atoms with Crippen molar-refractivity contribution in [3.63, 3.8) is 0 Å². The molecule has 0 N–H and O–H groups in total. The van der Waals surface area contributed by atoms with Crippen molar-refractivity contribution >= 4 is 5.91 Å². The standard InChI is InChI=1S/C16H31N3O/c1-3-18(4-2)16(20)14-19-12-8-9-15(19)13-17-10-6-5-7-11-17/h15H,3-14H2,1-2H3/t15-/m1/s1. The third-order valence-corrected chi connectivity index (χ3v) is 4.87. The Labute approximate surface area is 124 Å². The molecule has 0 aliphatic carbocycles. The van der Waals surface area contributed by atoms with Crippen molar-refractivity contribution in [3.05, 3.63) is 0 Å². The zero-order valence-corrected chi connectivity index (χ0v) is 13.3. The van der Waals surface area contributed by atoms with Crippen LogP contribution in [-0.2, 0) is 4.79 Å². The number of likely N-dealkylation sites (tertiary alicyclic amines) is 2. The Morgan fingerprint density at radius 2 is 1.75 bits per heavy atom. The monoisotopic (exact) mass is 281 g/mol. The summed E-state index contributed by atoms with van der Waals surface area (Å²) in [4.78, 5) is 19.3. The van der Waals surface area contributed by atoms with Crippen LogP contribution >= 0.6 is 0 Å². The summed E-state index contributed by atoms with van der Waals surface area (Å²) in [5.74, 6) is 0.306. The van der Waals surface area contributed by atoms with Crippen LogP contribution in [0.5, 0.6) is 0 Å². The third kappa shape index (κ3) is 4.19. The first kappa shape index (κ1) is 15.8. The Kier molecular flexibility index (Phi) is 6.30. The number of nitrogens with zero attached hydrogens (tertiary/aromatic N) is 3. The van der Waals surface area contributed by atoms with Gasteiger partial charge in [0.2, 0.25) is 5.91 Å². The average Bonchev–Trinajstić information content (AvgIpc) is 2.88. The lowest BCUT2D eigenvalue weighted by molar-refractivity contribution is -0.132. The number of amides is 1. The molecule has 0 radical (unpaired) electrons.